The van der Waals surface area contributed by atoms with Crippen LogP contribution in [0.2, 0.25) is 5.15 Å². The molecule has 4 rings (SSSR count). The van der Waals surface area contributed by atoms with E-state index in [0.717, 1.165) is 6.42 Å². The molecule has 15 heteroatoms. The molecule has 0 amide bonds. The molecular formula is C17H21ClF4N6O3S. The Morgan fingerprint density at radius 1 is 1.38 bits per heavy atom. The second-order valence-electron chi connectivity index (χ2n) is 8.16. The van der Waals surface area contributed by atoms with Gasteiger partial charge in [0.1, 0.15) is 17.5 Å². The Bertz CT molecular complexity index is 1120. The highest BCUT2D eigenvalue weighted by atomic mass is 35.5. The summed E-state index contributed by atoms with van der Waals surface area (Å²) >= 11 is 6.20. The average Bonchev–Trinajstić information content (AvgIpc) is 2.97. The van der Waals surface area contributed by atoms with Gasteiger partial charge in [0.2, 0.25) is 5.95 Å². The van der Waals surface area contributed by atoms with Gasteiger partial charge in [0.15, 0.2) is 5.15 Å². The molecule has 1 saturated heterocycles. The highest BCUT2D eigenvalue weighted by Gasteiger charge is 2.52. The lowest BCUT2D eigenvalue weighted by molar-refractivity contribution is -0.0501. The van der Waals surface area contributed by atoms with Crippen LogP contribution in [0, 0.1) is 0 Å². The molecule has 2 fully saturated rings. The molecule has 1 saturated carbocycles. The molecule has 0 bridgehead atoms. The average molecular weight is 501 g/mol. The SMILES string of the molecule is CC(O)C1(c2nc(Cl)c3cnc(N[C@H]4CCN(S(=O)(=O)C(F)(F)F)C[C@H]4F)nn23)CCC1. The predicted molar refractivity (Wildman–Crippen MR) is 106 cm³/mol. The van der Waals surface area contributed by atoms with Gasteiger partial charge in [0, 0.05) is 13.1 Å². The molecule has 0 spiro atoms. The van der Waals surface area contributed by atoms with Crippen molar-refractivity contribution in [1.29, 1.82) is 0 Å². The second-order valence-corrected chi connectivity index (χ2v) is 10.4. The fraction of sp³-hybridized carbons (Fsp3) is 0.706. The molecule has 32 heavy (non-hydrogen) atoms. The van der Waals surface area contributed by atoms with Gasteiger partial charge in [-0.2, -0.15) is 17.5 Å². The number of aliphatic hydroxyl groups is 1. The Kier molecular flexibility index (Phi) is 5.79. The van der Waals surface area contributed by atoms with Gasteiger partial charge >= 0.3 is 15.5 Å². The Balaban J connectivity index is 1.56. The zero-order valence-electron chi connectivity index (χ0n) is 16.8. The number of nitrogens with zero attached hydrogens (tertiary/aromatic N) is 5. The normalized spacial score (nSPS) is 25.5. The van der Waals surface area contributed by atoms with Gasteiger partial charge in [0.25, 0.3) is 0 Å². The second kappa shape index (κ2) is 7.92. The van der Waals surface area contributed by atoms with Crippen LogP contribution >= 0.6 is 11.6 Å². The summed E-state index contributed by atoms with van der Waals surface area (Å²) in [6.45, 7) is 0.218. The van der Waals surface area contributed by atoms with Crippen LogP contribution in [0.4, 0.5) is 23.5 Å². The van der Waals surface area contributed by atoms with Gasteiger partial charge in [-0.3, -0.25) is 0 Å². The van der Waals surface area contributed by atoms with Gasteiger partial charge in [-0.1, -0.05) is 18.0 Å². The minimum atomic E-state index is -5.60. The Morgan fingerprint density at radius 2 is 2.06 bits per heavy atom. The number of anilines is 1. The summed E-state index contributed by atoms with van der Waals surface area (Å²) in [4.78, 5) is 8.43. The van der Waals surface area contributed by atoms with E-state index in [0.29, 0.717) is 24.2 Å². The monoisotopic (exact) mass is 500 g/mol. The summed E-state index contributed by atoms with van der Waals surface area (Å²) in [5, 5.41) is 17.5. The van der Waals surface area contributed by atoms with Crippen LogP contribution < -0.4 is 5.32 Å². The third-order valence-electron chi connectivity index (χ3n) is 6.29. The molecule has 1 aliphatic heterocycles. The summed E-state index contributed by atoms with van der Waals surface area (Å²) in [7, 11) is -5.60. The van der Waals surface area contributed by atoms with Crippen LogP contribution in [-0.4, -0.2) is 74.3 Å². The van der Waals surface area contributed by atoms with Crippen LogP contribution in [0.5, 0.6) is 0 Å². The molecule has 3 atom stereocenters. The van der Waals surface area contributed by atoms with Crippen molar-refractivity contribution in [3.63, 3.8) is 0 Å². The summed E-state index contributed by atoms with van der Waals surface area (Å²) < 4.78 is 77.4. The number of alkyl halides is 4. The first-order valence-electron chi connectivity index (χ1n) is 9.93. The lowest BCUT2D eigenvalue weighted by Crippen LogP contribution is -2.52. The van der Waals surface area contributed by atoms with Crippen molar-refractivity contribution in [1.82, 2.24) is 23.9 Å². The number of piperidine rings is 1. The number of nitrogens with one attached hydrogen (secondary N) is 1. The molecule has 1 aliphatic carbocycles. The van der Waals surface area contributed by atoms with Gasteiger partial charge < -0.3 is 10.4 Å². The van der Waals surface area contributed by atoms with E-state index in [4.69, 9.17) is 11.6 Å². The Labute approximate surface area is 185 Å². The molecular weight excluding hydrogens is 480 g/mol. The molecule has 2 aromatic heterocycles. The fourth-order valence-corrected chi connectivity index (χ4v) is 5.38. The first-order chi connectivity index (χ1) is 14.9. The third kappa shape index (κ3) is 3.70. The van der Waals surface area contributed by atoms with E-state index >= 15 is 0 Å². The van der Waals surface area contributed by atoms with Crippen LogP contribution in [0.15, 0.2) is 6.20 Å². The fourth-order valence-electron chi connectivity index (χ4n) is 4.20. The summed E-state index contributed by atoms with van der Waals surface area (Å²) in [6, 6.07) is -0.996. The first kappa shape index (κ1) is 23.4. The van der Waals surface area contributed by atoms with Crippen LogP contribution in [0.25, 0.3) is 5.52 Å². The van der Waals surface area contributed by atoms with Gasteiger partial charge in [-0.15, -0.1) is 5.10 Å². The number of sulfonamides is 1. The number of imidazole rings is 1. The molecule has 178 valence electrons. The van der Waals surface area contributed by atoms with Crippen molar-refractivity contribution in [3.8, 4) is 0 Å². The van der Waals surface area contributed by atoms with Crippen molar-refractivity contribution >= 4 is 33.1 Å². The molecule has 1 unspecified atom stereocenters. The summed E-state index contributed by atoms with van der Waals surface area (Å²) in [5.41, 5.74) is -5.72. The van der Waals surface area contributed by atoms with Crippen molar-refractivity contribution in [2.45, 2.75) is 61.8 Å². The molecule has 9 nitrogen and oxygen atoms in total. The summed E-state index contributed by atoms with van der Waals surface area (Å²) in [6.07, 6.45) is 0.806. The van der Waals surface area contributed by atoms with E-state index in [2.05, 4.69) is 20.4 Å². The maximum Gasteiger partial charge on any atom is 0.511 e. The maximum absolute atomic E-state index is 14.6. The lowest BCUT2D eigenvalue weighted by Gasteiger charge is -2.42. The number of aliphatic hydroxyl groups excluding tert-OH is 1. The van der Waals surface area contributed by atoms with E-state index in [9.17, 15) is 31.1 Å². The zero-order chi connectivity index (χ0) is 23.5. The Morgan fingerprint density at radius 3 is 2.59 bits per heavy atom. The molecule has 0 aromatic carbocycles. The topological polar surface area (TPSA) is 113 Å². The smallest absolute Gasteiger partial charge is 0.392 e. The van der Waals surface area contributed by atoms with E-state index in [1.165, 1.54) is 10.7 Å². The van der Waals surface area contributed by atoms with Crippen molar-refractivity contribution < 1.29 is 31.1 Å². The quantitative estimate of drug-likeness (QED) is 0.605. The van der Waals surface area contributed by atoms with Gasteiger partial charge in [-0.25, -0.2) is 27.3 Å². The third-order valence-corrected chi connectivity index (χ3v) is 8.16. The minimum absolute atomic E-state index is 0.0207. The lowest BCUT2D eigenvalue weighted by atomic mass is 9.65. The number of halogens is 5. The number of hydrogen-bond acceptors (Lipinski definition) is 7. The number of fused-ring (bicyclic) bond motifs is 1. The van der Waals surface area contributed by atoms with E-state index in [1.807, 2.05) is 0 Å². The molecule has 0 radical (unpaired) electrons. The number of rotatable bonds is 5. The minimum Gasteiger partial charge on any atom is -0.392 e. The van der Waals surface area contributed by atoms with Crippen molar-refractivity contribution in [2.24, 2.45) is 0 Å². The summed E-state index contributed by atoms with van der Waals surface area (Å²) in [5.74, 6) is 0.430. The largest absolute Gasteiger partial charge is 0.511 e. The van der Waals surface area contributed by atoms with E-state index in [-0.39, 0.29) is 21.8 Å². The molecule has 2 aromatic rings. The van der Waals surface area contributed by atoms with Crippen molar-refractivity contribution in [2.75, 3.05) is 18.4 Å². The van der Waals surface area contributed by atoms with Crippen LogP contribution in [0.3, 0.4) is 0 Å². The van der Waals surface area contributed by atoms with E-state index in [1.54, 1.807) is 6.92 Å². The van der Waals surface area contributed by atoms with Gasteiger partial charge in [-0.05, 0) is 26.2 Å². The van der Waals surface area contributed by atoms with Gasteiger partial charge in [0.05, 0.1) is 23.8 Å². The maximum atomic E-state index is 14.6. The van der Waals surface area contributed by atoms with Crippen LogP contribution in [0.1, 0.15) is 38.4 Å². The standard InChI is InChI=1S/C17H21ClF4N6O3S/c1-9(29)16(4-2-5-16)14-25-13(18)12-7-23-15(26-28(12)14)24-11-3-6-27(8-10(11)19)32(30,31)17(20,21)22/h7,9-11,29H,2-6,8H2,1H3,(H,24,26)/t9?,10-,11+/m1/s1. The molecule has 2 aliphatic rings. The molecule has 3 heterocycles. The zero-order valence-corrected chi connectivity index (χ0v) is 18.4. The van der Waals surface area contributed by atoms with Crippen LogP contribution in [-0.2, 0) is 15.4 Å². The van der Waals surface area contributed by atoms with Crippen molar-refractivity contribution in [3.05, 3.63) is 17.2 Å². The predicted octanol–water partition coefficient (Wildman–Crippen LogP) is 2.25. The first-order valence-corrected chi connectivity index (χ1v) is 11.8. The van der Waals surface area contributed by atoms with E-state index < -0.39 is 52.4 Å². The number of aromatic nitrogens is 4. The Hall–Kier alpha value is -1.77. The highest BCUT2D eigenvalue weighted by Crippen LogP contribution is 2.46. The molecule has 2 N–H and O–H groups in total. The highest BCUT2D eigenvalue weighted by molar-refractivity contribution is 7.90. The number of hydrogen-bond donors (Lipinski definition) is 2.